The Morgan fingerprint density at radius 2 is 1.88 bits per heavy atom. The van der Waals surface area contributed by atoms with Crippen LogP contribution in [0, 0.1) is 10.1 Å². The van der Waals surface area contributed by atoms with E-state index in [1.807, 2.05) is 0 Å². The highest BCUT2D eigenvalue weighted by Crippen LogP contribution is 2.34. The number of halogens is 3. The van der Waals surface area contributed by atoms with E-state index < -0.39 is 34.7 Å². The van der Waals surface area contributed by atoms with E-state index in [9.17, 15) is 28.1 Å². The summed E-state index contributed by atoms with van der Waals surface area (Å²) >= 11 is 0. The van der Waals surface area contributed by atoms with E-state index in [0.29, 0.717) is 0 Å². The van der Waals surface area contributed by atoms with Crippen LogP contribution >= 0.6 is 0 Å². The highest BCUT2D eigenvalue weighted by molar-refractivity contribution is 5.96. The normalized spacial score (nSPS) is 17.0. The summed E-state index contributed by atoms with van der Waals surface area (Å²) in [5.41, 5.74) is -0.644. The molecule has 1 aliphatic heterocycles. The predicted molar refractivity (Wildman–Crippen MR) is 79.7 cm³/mol. The van der Waals surface area contributed by atoms with Crippen molar-refractivity contribution >= 4 is 17.7 Å². The Morgan fingerprint density at radius 1 is 1.23 bits per heavy atom. The zero-order valence-corrected chi connectivity index (χ0v) is 13.1. The number of ether oxygens (including phenoxy) is 1. The van der Waals surface area contributed by atoms with Crippen molar-refractivity contribution in [3.63, 3.8) is 0 Å². The number of nitrogens with zero attached hydrogens (tertiary/aromatic N) is 3. The van der Waals surface area contributed by atoms with Gasteiger partial charge in [-0.05, 0) is 30.3 Å². The summed E-state index contributed by atoms with van der Waals surface area (Å²) in [4.78, 5) is 21.7. The van der Waals surface area contributed by atoms with Gasteiger partial charge in [0.25, 0.3) is 6.23 Å². The molecule has 1 aromatic heterocycles. The third-order valence-electron chi connectivity index (χ3n) is 3.46. The van der Waals surface area contributed by atoms with Gasteiger partial charge in [-0.15, -0.1) is 5.10 Å². The van der Waals surface area contributed by atoms with Crippen LogP contribution in [0.15, 0.2) is 45.9 Å². The molecule has 0 saturated heterocycles. The molecule has 1 atom stereocenters. The quantitative estimate of drug-likeness (QED) is 0.610. The molecule has 0 aliphatic carbocycles. The second-order valence-electron chi connectivity index (χ2n) is 5.25. The average molecular weight is 369 g/mol. The van der Waals surface area contributed by atoms with Gasteiger partial charge in [-0.3, -0.25) is 14.9 Å². The highest BCUT2D eigenvalue weighted by Gasteiger charge is 2.37. The third kappa shape index (κ3) is 3.23. The first-order chi connectivity index (χ1) is 12.2. The van der Waals surface area contributed by atoms with Crippen molar-refractivity contribution in [3.05, 3.63) is 63.4 Å². The lowest BCUT2D eigenvalue weighted by molar-refractivity contribution is -0.402. The standard InChI is InChI=1S/C15H10F3N3O5/c1-8(22)20-14(11-6-7-12(25-11)21(23)24)26-13(19-20)9-2-4-10(5-3-9)15(16,17)18/h2-7,14H,1H3. The van der Waals surface area contributed by atoms with Crippen molar-refractivity contribution in [2.24, 2.45) is 5.10 Å². The van der Waals surface area contributed by atoms with Crippen LogP contribution < -0.4 is 0 Å². The first kappa shape index (κ1) is 17.5. The number of furan rings is 1. The molecular formula is C15H10F3N3O5. The number of benzene rings is 1. The smallest absolute Gasteiger partial charge is 0.433 e. The summed E-state index contributed by atoms with van der Waals surface area (Å²) in [5, 5.41) is 15.5. The molecule has 1 unspecified atom stereocenters. The number of rotatable bonds is 3. The van der Waals surface area contributed by atoms with Crippen LogP contribution in [-0.2, 0) is 15.7 Å². The van der Waals surface area contributed by atoms with Gasteiger partial charge in [-0.2, -0.15) is 18.2 Å². The molecule has 1 amide bonds. The van der Waals surface area contributed by atoms with E-state index in [2.05, 4.69) is 5.10 Å². The van der Waals surface area contributed by atoms with Gasteiger partial charge in [0.15, 0.2) is 5.76 Å². The molecule has 11 heteroatoms. The van der Waals surface area contributed by atoms with E-state index >= 15 is 0 Å². The zero-order chi connectivity index (χ0) is 19.1. The molecule has 26 heavy (non-hydrogen) atoms. The van der Waals surface area contributed by atoms with Crippen LogP contribution in [0.2, 0.25) is 0 Å². The molecule has 0 spiro atoms. The topological polar surface area (TPSA) is 98.2 Å². The van der Waals surface area contributed by atoms with Crippen LogP contribution in [0.1, 0.15) is 30.0 Å². The fourth-order valence-electron chi connectivity index (χ4n) is 2.24. The predicted octanol–water partition coefficient (Wildman–Crippen LogP) is 3.45. The Hall–Kier alpha value is -3.37. The molecule has 2 heterocycles. The molecule has 0 bridgehead atoms. The van der Waals surface area contributed by atoms with Gasteiger partial charge in [0.2, 0.25) is 11.8 Å². The Kier molecular flexibility index (Phi) is 4.14. The van der Waals surface area contributed by atoms with Gasteiger partial charge in [0.1, 0.15) is 4.92 Å². The van der Waals surface area contributed by atoms with Crippen molar-refractivity contribution in [2.75, 3.05) is 0 Å². The first-order valence-corrected chi connectivity index (χ1v) is 7.13. The van der Waals surface area contributed by atoms with Crippen molar-refractivity contribution in [1.29, 1.82) is 0 Å². The minimum absolute atomic E-state index is 0.0439. The van der Waals surface area contributed by atoms with E-state index in [0.717, 1.165) is 35.3 Å². The van der Waals surface area contributed by atoms with E-state index in [-0.39, 0.29) is 17.2 Å². The summed E-state index contributed by atoms with van der Waals surface area (Å²) in [5.74, 6) is -1.25. The monoisotopic (exact) mass is 369 g/mol. The lowest BCUT2D eigenvalue weighted by atomic mass is 10.1. The highest BCUT2D eigenvalue weighted by atomic mass is 19.4. The number of nitro groups is 1. The maximum Gasteiger partial charge on any atom is 0.433 e. The molecular weight excluding hydrogens is 359 g/mol. The number of hydrogen-bond donors (Lipinski definition) is 0. The van der Waals surface area contributed by atoms with Crippen LogP contribution in [0.25, 0.3) is 0 Å². The van der Waals surface area contributed by atoms with E-state index in [1.165, 1.54) is 13.0 Å². The van der Waals surface area contributed by atoms with Gasteiger partial charge in [0.05, 0.1) is 11.6 Å². The Bertz CT molecular complexity index is 889. The number of amides is 1. The molecule has 0 N–H and O–H groups in total. The van der Waals surface area contributed by atoms with Crippen LogP contribution in [0.4, 0.5) is 19.1 Å². The van der Waals surface area contributed by atoms with Gasteiger partial charge in [-0.25, -0.2) is 0 Å². The first-order valence-electron chi connectivity index (χ1n) is 7.13. The van der Waals surface area contributed by atoms with Crippen LogP contribution in [0.3, 0.4) is 0 Å². The third-order valence-corrected chi connectivity index (χ3v) is 3.46. The van der Waals surface area contributed by atoms with Gasteiger partial charge in [0, 0.05) is 12.5 Å². The van der Waals surface area contributed by atoms with Crippen molar-refractivity contribution in [2.45, 2.75) is 19.3 Å². The van der Waals surface area contributed by atoms with Crippen LogP contribution in [0.5, 0.6) is 0 Å². The SMILES string of the molecule is CC(=O)N1N=C(c2ccc(C(F)(F)F)cc2)OC1c1ccc([N+](=O)[O-])o1. The number of carbonyl (C=O) groups excluding carboxylic acids is 1. The van der Waals surface area contributed by atoms with Gasteiger partial charge < -0.3 is 9.15 Å². The van der Waals surface area contributed by atoms with Crippen molar-refractivity contribution in [3.8, 4) is 0 Å². The molecule has 136 valence electrons. The number of carbonyl (C=O) groups is 1. The van der Waals surface area contributed by atoms with Crippen molar-refractivity contribution in [1.82, 2.24) is 5.01 Å². The molecule has 1 aromatic carbocycles. The molecule has 1 aliphatic rings. The molecule has 0 radical (unpaired) electrons. The van der Waals surface area contributed by atoms with Crippen molar-refractivity contribution < 1.29 is 32.0 Å². The number of hydrazone groups is 1. The van der Waals surface area contributed by atoms with E-state index in [1.54, 1.807) is 0 Å². The fourth-order valence-corrected chi connectivity index (χ4v) is 2.24. The second-order valence-corrected chi connectivity index (χ2v) is 5.25. The maximum atomic E-state index is 12.6. The Balaban J connectivity index is 1.89. The lowest BCUT2D eigenvalue weighted by Gasteiger charge is -2.16. The maximum absolute atomic E-state index is 12.6. The average Bonchev–Trinajstić information content (AvgIpc) is 3.21. The van der Waals surface area contributed by atoms with Gasteiger partial charge in [-0.1, -0.05) is 0 Å². The molecule has 2 aromatic rings. The fraction of sp³-hybridized carbons (Fsp3) is 0.200. The number of hydrogen-bond acceptors (Lipinski definition) is 6. The second kappa shape index (κ2) is 6.17. The zero-order valence-electron chi connectivity index (χ0n) is 13.1. The molecule has 3 rings (SSSR count). The summed E-state index contributed by atoms with van der Waals surface area (Å²) < 4.78 is 48.4. The van der Waals surface area contributed by atoms with Crippen LogP contribution in [-0.4, -0.2) is 21.7 Å². The molecule has 8 nitrogen and oxygen atoms in total. The summed E-state index contributed by atoms with van der Waals surface area (Å²) in [6, 6.07) is 6.34. The minimum atomic E-state index is -4.49. The minimum Gasteiger partial charge on any atom is -0.442 e. The summed E-state index contributed by atoms with van der Waals surface area (Å²) in [7, 11) is 0. The number of alkyl halides is 3. The summed E-state index contributed by atoms with van der Waals surface area (Å²) in [6.07, 6.45) is -5.68. The largest absolute Gasteiger partial charge is 0.442 e. The Morgan fingerprint density at radius 3 is 2.38 bits per heavy atom. The molecule has 0 saturated carbocycles. The Labute approximate surface area is 143 Å². The van der Waals surface area contributed by atoms with Gasteiger partial charge >= 0.3 is 12.1 Å². The molecule has 0 fully saturated rings. The summed E-state index contributed by atoms with van der Waals surface area (Å²) in [6.45, 7) is 1.19. The lowest BCUT2D eigenvalue weighted by Crippen LogP contribution is -2.24. The van der Waals surface area contributed by atoms with E-state index in [4.69, 9.17) is 9.15 Å².